The van der Waals surface area contributed by atoms with Gasteiger partial charge in [0, 0.05) is 36.3 Å². The summed E-state index contributed by atoms with van der Waals surface area (Å²) in [6, 6.07) is 7.80. The predicted octanol–water partition coefficient (Wildman–Crippen LogP) is 3.76. The van der Waals surface area contributed by atoms with Gasteiger partial charge < -0.3 is 29.6 Å². The van der Waals surface area contributed by atoms with Crippen LogP contribution in [0, 0.1) is 0 Å². The highest BCUT2D eigenvalue weighted by molar-refractivity contribution is 5.21. The molecule has 0 aromatic carbocycles. The van der Waals surface area contributed by atoms with E-state index in [1.165, 1.54) is 0 Å². The summed E-state index contributed by atoms with van der Waals surface area (Å²) in [6.45, 7) is 5.65. The van der Waals surface area contributed by atoms with Gasteiger partial charge in [-0.1, -0.05) is 13.8 Å². The van der Waals surface area contributed by atoms with Crippen molar-refractivity contribution in [3.05, 3.63) is 72.5 Å². The van der Waals surface area contributed by atoms with Gasteiger partial charge in [-0.2, -0.15) is 0 Å². The maximum absolute atomic E-state index is 7.09. The Morgan fingerprint density at radius 3 is 1.81 bits per heavy atom. The van der Waals surface area contributed by atoms with Crippen molar-refractivity contribution in [2.75, 3.05) is 0 Å². The zero-order valence-corrected chi connectivity index (χ0v) is 16.0. The van der Waals surface area contributed by atoms with E-state index in [-0.39, 0.29) is 12.1 Å². The number of nitrogens with one attached hydrogen (secondary N) is 2. The molecule has 0 aliphatic carbocycles. The summed E-state index contributed by atoms with van der Waals surface area (Å²) >= 11 is 0. The Morgan fingerprint density at radius 2 is 1.44 bits per heavy atom. The molecule has 0 saturated carbocycles. The number of furan rings is 3. The average molecular weight is 371 g/mol. The van der Waals surface area contributed by atoms with E-state index in [1.807, 2.05) is 24.3 Å². The molecule has 0 radical (unpaired) electrons. The van der Waals surface area contributed by atoms with Crippen LogP contribution < -0.4 is 16.4 Å². The second-order valence-corrected chi connectivity index (χ2v) is 6.86. The Morgan fingerprint density at radius 1 is 0.889 bits per heavy atom. The van der Waals surface area contributed by atoms with Crippen molar-refractivity contribution < 1.29 is 13.3 Å². The first-order valence-electron chi connectivity index (χ1n) is 9.50. The summed E-state index contributed by atoms with van der Waals surface area (Å²) in [5.41, 5.74) is 8.56. The normalized spacial score (nSPS) is 16.1. The monoisotopic (exact) mass is 371 g/mol. The molecule has 2 unspecified atom stereocenters. The molecule has 0 amide bonds. The van der Waals surface area contributed by atoms with Crippen LogP contribution in [0.2, 0.25) is 0 Å². The van der Waals surface area contributed by atoms with Crippen LogP contribution in [-0.4, -0.2) is 12.1 Å². The summed E-state index contributed by atoms with van der Waals surface area (Å²) in [5, 5.41) is 7.21. The fourth-order valence-corrected chi connectivity index (χ4v) is 3.68. The van der Waals surface area contributed by atoms with Gasteiger partial charge in [-0.25, -0.2) is 0 Å². The molecule has 0 aliphatic heterocycles. The molecule has 27 heavy (non-hydrogen) atoms. The minimum Gasteiger partial charge on any atom is -0.472 e. The van der Waals surface area contributed by atoms with E-state index < -0.39 is 5.54 Å². The fraction of sp³-hybridized carbons (Fsp3) is 0.429. The molecule has 0 spiro atoms. The standard InChI is InChI=1S/C21H29N3O3/c1-3-18(23-12-16-7-10-25-14-16)21(22,20-6-5-9-27-20)19(4-2)24-13-17-8-11-26-15-17/h5-11,14-15,18-19,23-24H,3-4,12-13,22H2,1-2H3. The maximum atomic E-state index is 7.09. The molecule has 6 heteroatoms. The smallest absolute Gasteiger partial charge is 0.126 e. The zero-order valence-electron chi connectivity index (χ0n) is 16.0. The highest BCUT2D eigenvalue weighted by atomic mass is 16.3. The van der Waals surface area contributed by atoms with Crippen LogP contribution in [0.5, 0.6) is 0 Å². The Bertz CT molecular complexity index is 705. The van der Waals surface area contributed by atoms with Crippen molar-refractivity contribution >= 4 is 0 Å². The third-order valence-corrected chi connectivity index (χ3v) is 5.18. The van der Waals surface area contributed by atoms with E-state index in [1.54, 1.807) is 31.3 Å². The quantitative estimate of drug-likeness (QED) is 0.476. The van der Waals surface area contributed by atoms with Crippen molar-refractivity contribution in [3.8, 4) is 0 Å². The van der Waals surface area contributed by atoms with E-state index in [2.05, 4.69) is 24.5 Å². The molecule has 0 fully saturated rings. The van der Waals surface area contributed by atoms with Gasteiger partial charge in [0.25, 0.3) is 0 Å². The summed E-state index contributed by atoms with van der Waals surface area (Å²) in [6.07, 6.45) is 10.3. The van der Waals surface area contributed by atoms with E-state index in [0.29, 0.717) is 13.1 Å². The molecule has 6 nitrogen and oxygen atoms in total. The molecular formula is C21H29N3O3. The minimum atomic E-state index is -0.708. The summed E-state index contributed by atoms with van der Waals surface area (Å²) in [5.74, 6) is 0.778. The van der Waals surface area contributed by atoms with Gasteiger partial charge in [0.05, 0.1) is 31.3 Å². The summed E-state index contributed by atoms with van der Waals surface area (Å²) in [7, 11) is 0. The topological polar surface area (TPSA) is 89.5 Å². The Kier molecular flexibility index (Phi) is 6.55. The molecule has 3 heterocycles. The predicted molar refractivity (Wildman–Crippen MR) is 104 cm³/mol. The van der Waals surface area contributed by atoms with Crippen molar-refractivity contribution in [2.45, 2.75) is 57.4 Å². The number of rotatable bonds is 11. The van der Waals surface area contributed by atoms with Gasteiger partial charge in [0.2, 0.25) is 0 Å². The van der Waals surface area contributed by atoms with Gasteiger partial charge in [-0.15, -0.1) is 0 Å². The highest BCUT2D eigenvalue weighted by Gasteiger charge is 2.44. The third-order valence-electron chi connectivity index (χ3n) is 5.18. The van der Waals surface area contributed by atoms with Gasteiger partial charge in [-0.05, 0) is 37.1 Å². The second kappa shape index (κ2) is 9.08. The summed E-state index contributed by atoms with van der Waals surface area (Å²) < 4.78 is 16.1. The van der Waals surface area contributed by atoms with Crippen LogP contribution in [0.25, 0.3) is 0 Å². The lowest BCUT2D eigenvalue weighted by molar-refractivity contribution is 0.173. The molecule has 3 aromatic rings. The Balaban J connectivity index is 1.82. The largest absolute Gasteiger partial charge is 0.472 e. The highest BCUT2D eigenvalue weighted by Crippen LogP contribution is 2.31. The fourth-order valence-electron chi connectivity index (χ4n) is 3.68. The van der Waals surface area contributed by atoms with Crippen LogP contribution in [0.15, 0.2) is 68.8 Å². The molecule has 0 aliphatic rings. The van der Waals surface area contributed by atoms with Crippen LogP contribution in [0.4, 0.5) is 0 Å². The molecule has 2 atom stereocenters. The van der Waals surface area contributed by atoms with Crippen LogP contribution in [0.3, 0.4) is 0 Å². The van der Waals surface area contributed by atoms with Gasteiger partial charge in [0.1, 0.15) is 11.3 Å². The number of hydrogen-bond donors (Lipinski definition) is 3. The SMILES string of the molecule is CCC(NCc1ccoc1)C(N)(c1ccco1)C(CC)NCc1ccoc1. The van der Waals surface area contributed by atoms with Crippen molar-refractivity contribution in [2.24, 2.45) is 5.73 Å². The van der Waals surface area contributed by atoms with Crippen LogP contribution >= 0.6 is 0 Å². The molecule has 3 aromatic heterocycles. The Labute approximate surface area is 160 Å². The zero-order chi connectivity index (χ0) is 19.1. The first-order chi connectivity index (χ1) is 13.2. The first-order valence-corrected chi connectivity index (χ1v) is 9.50. The lowest BCUT2D eigenvalue weighted by atomic mass is 9.78. The number of nitrogens with two attached hydrogens (primary N) is 1. The summed E-state index contributed by atoms with van der Waals surface area (Å²) in [4.78, 5) is 0. The molecule has 3 rings (SSSR count). The van der Waals surface area contributed by atoms with Crippen LogP contribution in [0.1, 0.15) is 43.6 Å². The van der Waals surface area contributed by atoms with E-state index >= 15 is 0 Å². The molecule has 0 saturated heterocycles. The van der Waals surface area contributed by atoms with Crippen molar-refractivity contribution in [1.29, 1.82) is 0 Å². The van der Waals surface area contributed by atoms with E-state index in [9.17, 15) is 0 Å². The van der Waals surface area contributed by atoms with Gasteiger partial charge in [-0.3, -0.25) is 0 Å². The van der Waals surface area contributed by atoms with Gasteiger partial charge in [0.15, 0.2) is 0 Å². The first kappa shape index (κ1) is 19.5. The second-order valence-electron chi connectivity index (χ2n) is 6.86. The van der Waals surface area contributed by atoms with Gasteiger partial charge >= 0.3 is 0 Å². The molecule has 146 valence electrons. The molecule has 4 N–H and O–H groups in total. The average Bonchev–Trinajstić information content (AvgIpc) is 3.44. The number of hydrogen-bond acceptors (Lipinski definition) is 6. The molecular weight excluding hydrogens is 342 g/mol. The van der Waals surface area contributed by atoms with Crippen molar-refractivity contribution in [3.63, 3.8) is 0 Å². The minimum absolute atomic E-state index is 0.0142. The molecule has 0 bridgehead atoms. The maximum Gasteiger partial charge on any atom is 0.126 e. The van der Waals surface area contributed by atoms with Crippen LogP contribution in [-0.2, 0) is 18.6 Å². The van der Waals surface area contributed by atoms with Crippen molar-refractivity contribution in [1.82, 2.24) is 10.6 Å². The lowest BCUT2D eigenvalue weighted by Crippen LogP contribution is -2.64. The lowest BCUT2D eigenvalue weighted by Gasteiger charge is -2.42. The van der Waals surface area contributed by atoms with E-state index in [4.69, 9.17) is 19.0 Å². The Hall–Kier alpha value is -2.28. The third kappa shape index (κ3) is 4.35. The van der Waals surface area contributed by atoms with E-state index in [0.717, 1.165) is 29.7 Å².